The van der Waals surface area contributed by atoms with Crippen molar-refractivity contribution in [2.75, 3.05) is 19.6 Å². The first-order valence-electron chi connectivity index (χ1n) is 20.4. The maximum absolute atomic E-state index is 13.4. The number of hydrogen-bond acceptors (Lipinski definition) is 9. The second kappa shape index (κ2) is 18.5. The monoisotopic (exact) mass is 829 g/mol. The van der Waals surface area contributed by atoms with Gasteiger partial charge in [0.15, 0.2) is 6.29 Å². The van der Waals surface area contributed by atoms with Gasteiger partial charge >= 0.3 is 6.09 Å². The molecule has 4 atom stereocenters. The average Bonchev–Trinajstić information content (AvgIpc) is 3.54. The molecule has 5 aromatic rings. The van der Waals surface area contributed by atoms with Crippen molar-refractivity contribution in [1.29, 1.82) is 0 Å². The Morgan fingerprint density at radius 1 is 0.817 bits per heavy atom. The second-order valence-corrected chi connectivity index (χ2v) is 16.2. The van der Waals surface area contributed by atoms with Crippen molar-refractivity contribution < 1.29 is 38.8 Å². The number of benzene rings is 5. The minimum atomic E-state index is -1.00. The third-order valence-electron chi connectivity index (χ3n) is 11.7. The first kappa shape index (κ1) is 41.3. The lowest BCUT2D eigenvalue weighted by atomic mass is 9.84. The molecule has 0 saturated carbocycles. The van der Waals surface area contributed by atoms with E-state index in [9.17, 15) is 24.6 Å². The van der Waals surface area contributed by atoms with E-state index in [1.165, 1.54) is 4.90 Å². The number of ether oxygens (including phenoxy) is 3. The smallest absolute Gasteiger partial charge is 0.408 e. The van der Waals surface area contributed by atoms with Crippen LogP contribution in [0, 0.1) is 0 Å². The Hall–Kier alpha value is -5.40. The van der Waals surface area contributed by atoms with E-state index in [0.29, 0.717) is 43.9 Å². The van der Waals surface area contributed by atoms with E-state index in [1.807, 2.05) is 127 Å². The number of aliphatic hydroxyl groups is 2. The van der Waals surface area contributed by atoms with Crippen LogP contribution in [0.1, 0.15) is 71.5 Å². The van der Waals surface area contributed by atoms with E-state index >= 15 is 0 Å². The molecule has 3 saturated heterocycles. The molecule has 3 heterocycles. The Morgan fingerprint density at radius 2 is 1.50 bits per heavy atom. The van der Waals surface area contributed by atoms with Gasteiger partial charge in [-0.1, -0.05) is 127 Å². The van der Waals surface area contributed by atoms with E-state index in [-0.39, 0.29) is 44.3 Å². The van der Waals surface area contributed by atoms with Crippen LogP contribution in [-0.4, -0.2) is 69.7 Å². The SMILES string of the molecule is O=C(NC1CC(=O)N(Cc2ccccc2-c2ccc([C@@H]3O[C@H](CN4CCC(O)(c5ccc(Cl)cc5)CC4)C[C@H](c4ccc(CO)cc4)O3)cc2)C1=O)OCc1ccccc1. The molecule has 0 aromatic heterocycles. The summed E-state index contributed by atoms with van der Waals surface area (Å²) in [6, 6.07) is 39.0. The number of halogens is 1. The fourth-order valence-electron chi connectivity index (χ4n) is 8.27. The first-order valence-corrected chi connectivity index (χ1v) is 20.7. The predicted molar refractivity (Wildman–Crippen MR) is 225 cm³/mol. The van der Waals surface area contributed by atoms with Crippen molar-refractivity contribution in [1.82, 2.24) is 15.1 Å². The molecule has 0 aliphatic carbocycles. The van der Waals surface area contributed by atoms with Gasteiger partial charge in [-0.05, 0) is 63.9 Å². The number of carbonyl (C=O) groups is 3. The Kier molecular flexibility index (Phi) is 12.7. The molecule has 3 amide bonds. The highest BCUT2D eigenvalue weighted by atomic mass is 35.5. The standard InChI is InChI=1S/C48H48ClN3O8/c49-39-20-18-38(19-21-39)48(57)22-24-51(25-23-48)29-40-26-43(35-12-10-32(30-53)11-13-35)60-46(59-40)36-16-14-34(15-17-36)41-9-5-4-8-37(41)28-52-44(54)27-42(45(52)55)50-47(56)58-31-33-6-2-1-3-7-33/h1-21,40,42-43,46,53,57H,22-31H2,(H,50,56)/t40-,42?,43+,46+/m0/s1. The highest BCUT2D eigenvalue weighted by molar-refractivity contribution is 6.30. The molecule has 3 N–H and O–H groups in total. The topological polar surface area (TPSA) is 138 Å². The van der Waals surface area contributed by atoms with Crippen LogP contribution < -0.4 is 5.32 Å². The zero-order valence-corrected chi connectivity index (χ0v) is 33.9. The summed E-state index contributed by atoms with van der Waals surface area (Å²) < 4.78 is 18.6. The minimum Gasteiger partial charge on any atom is -0.445 e. The van der Waals surface area contributed by atoms with E-state index < -0.39 is 29.9 Å². The summed E-state index contributed by atoms with van der Waals surface area (Å²) in [6.07, 6.45) is -0.147. The number of rotatable bonds is 12. The van der Waals surface area contributed by atoms with Crippen molar-refractivity contribution in [3.63, 3.8) is 0 Å². The average molecular weight is 830 g/mol. The Morgan fingerprint density at radius 3 is 2.22 bits per heavy atom. The second-order valence-electron chi connectivity index (χ2n) is 15.7. The highest BCUT2D eigenvalue weighted by Crippen LogP contribution is 2.40. The van der Waals surface area contributed by atoms with Crippen LogP contribution in [0.4, 0.5) is 4.79 Å². The summed E-state index contributed by atoms with van der Waals surface area (Å²) in [6.45, 7) is 2.15. The van der Waals surface area contributed by atoms with E-state index in [2.05, 4.69) is 10.2 Å². The van der Waals surface area contributed by atoms with Crippen LogP contribution in [0.3, 0.4) is 0 Å². The lowest BCUT2D eigenvalue weighted by molar-refractivity contribution is -0.253. The zero-order valence-electron chi connectivity index (χ0n) is 33.1. The normalized spacial score (nSPS) is 21.8. The maximum Gasteiger partial charge on any atom is 0.408 e. The summed E-state index contributed by atoms with van der Waals surface area (Å²) in [5.41, 5.74) is 5.97. The number of nitrogens with one attached hydrogen (secondary N) is 1. The molecule has 12 heteroatoms. The van der Waals surface area contributed by atoms with Gasteiger partial charge in [0.2, 0.25) is 5.91 Å². The molecular weight excluding hydrogens is 782 g/mol. The van der Waals surface area contributed by atoms with Gasteiger partial charge in [-0.25, -0.2) is 4.79 Å². The Balaban J connectivity index is 0.937. The lowest BCUT2D eigenvalue weighted by Gasteiger charge is -2.42. The molecule has 0 bridgehead atoms. The first-order chi connectivity index (χ1) is 29.1. The van der Waals surface area contributed by atoms with Crippen LogP contribution in [0.2, 0.25) is 5.02 Å². The van der Waals surface area contributed by atoms with Crippen LogP contribution in [-0.2, 0) is 49.2 Å². The number of aliphatic hydroxyl groups excluding tert-OH is 1. The quantitative estimate of drug-likeness (QED) is 0.109. The van der Waals surface area contributed by atoms with Gasteiger partial charge in [-0.15, -0.1) is 0 Å². The van der Waals surface area contributed by atoms with Gasteiger partial charge in [0.05, 0.1) is 37.4 Å². The maximum atomic E-state index is 13.4. The molecule has 310 valence electrons. The van der Waals surface area contributed by atoms with Gasteiger partial charge in [0.1, 0.15) is 12.6 Å². The highest BCUT2D eigenvalue weighted by Gasteiger charge is 2.40. The van der Waals surface area contributed by atoms with Crippen molar-refractivity contribution >= 4 is 29.5 Å². The number of likely N-dealkylation sites (tertiary alicyclic amines) is 2. The van der Waals surface area contributed by atoms with E-state index in [4.69, 9.17) is 25.8 Å². The van der Waals surface area contributed by atoms with Crippen molar-refractivity contribution in [3.8, 4) is 11.1 Å². The fraction of sp³-hybridized carbons (Fsp3) is 0.312. The number of imide groups is 1. The van der Waals surface area contributed by atoms with Crippen LogP contribution in [0.15, 0.2) is 127 Å². The molecule has 1 unspecified atom stereocenters. The lowest BCUT2D eigenvalue weighted by Crippen LogP contribution is -2.46. The zero-order chi connectivity index (χ0) is 41.6. The third-order valence-corrected chi connectivity index (χ3v) is 12.0. The van der Waals surface area contributed by atoms with Crippen LogP contribution in [0.5, 0.6) is 0 Å². The van der Waals surface area contributed by atoms with Crippen LogP contribution >= 0.6 is 11.6 Å². The molecule has 60 heavy (non-hydrogen) atoms. The van der Waals surface area contributed by atoms with Crippen molar-refractivity contribution in [2.24, 2.45) is 0 Å². The number of amides is 3. The number of carbonyl (C=O) groups excluding carboxylic acids is 3. The van der Waals surface area contributed by atoms with Crippen molar-refractivity contribution in [2.45, 2.75) is 75.6 Å². The molecular formula is C48H48ClN3O8. The number of alkyl carbamates (subject to hydrolysis) is 1. The molecule has 8 rings (SSSR count). The van der Waals surface area contributed by atoms with Crippen LogP contribution in [0.25, 0.3) is 11.1 Å². The molecule has 3 fully saturated rings. The molecule has 3 aliphatic rings. The van der Waals surface area contributed by atoms with Gasteiger partial charge in [0.25, 0.3) is 5.91 Å². The minimum absolute atomic E-state index is 0.0403. The molecule has 0 radical (unpaired) electrons. The molecule has 3 aliphatic heterocycles. The fourth-order valence-corrected chi connectivity index (χ4v) is 8.40. The van der Waals surface area contributed by atoms with Gasteiger partial charge in [-0.2, -0.15) is 0 Å². The molecule has 11 nitrogen and oxygen atoms in total. The summed E-state index contributed by atoms with van der Waals surface area (Å²) in [4.78, 5) is 42.5. The number of hydrogen-bond donors (Lipinski definition) is 3. The molecule has 0 spiro atoms. The summed E-state index contributed by atoms with van der Waals surface area (Å²) in [7, 11) is 0. The van der Waals surface area contributed by atoms with Gasteiger partial charge in [0, 0.05) is 36.6 Å². The van der Waals surface area contributed by atoms with Crippen molar-refractivity contribution in [3.05, 3.63) is 166 Å². The van der Waals surface area contributed by atoms with Gasteiger partial charge < -0.3 is 34.6 Å². The van der Waals surface area contributed by atoms with E-state index in [1.54, 1.807) is 0 Å². The summed E-state index contributed by atoms with van der Waals surface area (Å²) in [5.74, 6) is -0.854. The number of piperidine rings is 1. The third kappa shape index (κ3) is 9.63. The van der Waals surface area contributed by atoms with E-state index in [0.717, 1.165) is 44.5 Å². The van der Waals surface area contributed by atoms with Gasteiger partial charge in [-0.3, -0.25) is 14.5 Å². The Bertz CT molecular complexity index is 2260. The number of nitrogens with zero attached hydrogens (tertiary/aromatic N) is 2. The summed E-state index contributed by atoms with van der Waals surface area (Å²) >= 11 is 6.11. The largest absolute Gasteiger partial charge is 0.445 e. The summed E-state index contributed by atoms with van der Waals surface area (Å²) in [5, 5.41) is 24.3. The predicted octanol–water partition coefficient (Wildman–Crippen LogP) is 7.58. The molecule has 5 aromatic carbocycles. The Labute approximate surface area is 354 Å².